The smallest absolute Gasteiger partial charge is 0.275 e. The molecule has 2 heterocycles. The zero-order chi connectivity index (χ0) is 14.9. The molecule has 2 rings (SSSR count). The Labute approximate surface area is 120 Å². The molecular weight excluding hydrogens is 280 g/mol. The van der Waals surface area contributed by atoms with E-state index in [-0.39, 0.29) is 30.8 Å². The van der Waals surface area contributed by atoms with Crippen LogP contribution >= 0.6 is 11.3 Å². The molecule has 1 aliphatic heterocycles. The monoisotopic (exact) mass is 296 g/mol. The highest BCUT2D eigenvalue weighted by atomic mass is 32.1. The zero-order valence-corrected chi connectivity index (χ0v) is 12.1. The van der Waals surface area contributed by atoms with E-state index in [2.05, 4.69) is 5.43 Å². The number of amides is 3. The number of aryl methyl sites for hydroxylation is 1. The van der Waals surface area contributed by atoms with Crippen molar-refractivity contribution in [2.75, 3.05) is 20.1 Å². The molecule has 3 amide bonds. The Hall–Kier alpha value is -1.93. The summed E-state index contributed by atoms with van der Waals surface area (Å²) in [5, 5.41) is 0. The Bertz CT molecular complexity index is 569. The summed E-state index contributed by atoms with van der Waals surface area (Å²) in [7, 11) is 1.61. The molecule has 1 aromatic rings. The number of thiophene rings is 1. The van der Waals surface area contributed by atoms with Gasteiger partial charge in [0.25, 0.3) is 5.91 Å². The summed E-state index contributed by atoms with van der Waals surface area (Å²) >= 11 is 1.31. The van der Waals surface area contributed by atoms with Gasteiger partial charge in [0.15, 0.2) is 0 Å². The second-order valence-corrected chi connectivity index (χ2v) is 5.92. The predicted molar refractivity (Wildman–Crippen MR) is 73.8 cm³/mol. The van der Waals surface area contributed by atoms with Crippen molar-refractivity contribution in [3.8, 4) is 0 Å². The molecule has 1 fully saturated rings. The fourth-order valence-electron chi connectivity index (χ4n) is 1.97. The van der Waals surface area contributed by atoms with Gasteiger partial charge in [0.2, 0.25) is 11.8 Å². The Balaban J connectivity index is 2.14. The number of carbonyl (C=O) groups is 3. The minimum Gasteiger partial charge on any atom is -0.335 e. The quantitative estimate of drug-likeness (QED) is 0.445. The first-order valence-electron chi connectivity index (χ1n) is 6.04. The third-order valence-corrected chi connectivity index (χ3v) is 4.31. The van der Waals surface area contributed by atoms with Gasteiger partial charge in [-0.2, -0.15) is 0 Å². The number of nitrogens with one attached hydrogen (secondary N) is 1. The van der Waals surface area contributed by atoms with Crippen LogP contribution in [0.15, 0.2) is 6.07 Å². The number of carbonyl (C=O) groups excluding carboxylic acids is 3. The van der Waals surface area contributed by atoms with E-state index >= 15 is 0 Å². The topological polar surface area (TPSA) is 95.7 Å². The number of nitrogens with two attached hydrogens (primary N) is 1. The number of nitrogens with zero attached hydrogens (tertiary/aromatic N) is 2. The Morgan fingerprint density at radius 2 is 2.10 bits per heavy atom. The number of piperazine rings is 1. The maximum Gasteiger partial charge on any atom is 0.275 e. The van der Waals surface area contributed by atoms with Crippen LogP contribution in [0.2, 0.25) is 0 Å². The summed E-state index contributed by atoms with van der Waals surface area (Å²) in [6, 6.07) is 1.71. The van der Waals surface area contributed by atoms with Gasteiger partial charge in [-0.1, -0.05) is 0 Å². The lowest BCUT2D eigenvalue weighted by Crippen LogP contribution is -2.51. The molecule has 1 aromatic heterocycles. The largest absolute Gasteiger partial charge is 0.335 e. The molecule has 0 radical (unpaired) electrons. The van der Waals surface area contributed by atoms with Gasteiger partial charge in [-0.3, -0.25) is 19.8 Å². The minimum absolute atomic E-state index is 0.0725. The summed E-state index contributed by atoms with van der Waals surface area (Å²) in [6.45, 7) is 2.37. The van der Waals surface area contributed by atoms with E-state index in [0.717, 1.165) is 10.4 Å². The molecule has 108 valence electrons. The lowest BCUT2D eigenvalue weighted by Gasteiger charge is -2.31. The molecule has 0 aromatic carbocycles. The van der Waals surface area contributed by atoms with E-state index in [0.29, 0.717) is 11.4 Å². The van der Waals surface area contributed by atoms with Crippen LogP contribution in [0.3, 0.4) is 0 Å². The van der Waals surface area contributed by atoms with Gasteiger partial charge in [-0.15, -0.1) is 11.3 Å². The Morgan fingerprint density at radius 3 is 2.75 bits per heavy atom. The maximum absolute atomic E-state index is 11.9. The summed E-state index contributed by atoms with van der Waals surface area (Å²) in [6.07, 6.45) is 0. The van der Waals surface area contributed by atoms with Crippen LogP contribution in [-0.2, 0) is 16.1 Å². The maximum atomic E-state index is 11.9. The van der Waals surface area contributed by atoms with Crippen molar-refractivity contribution in [2.24, 2.45) is 5.84 Å². The fraction of sp³-hybridized carbons (Fsp3) is 0.417. The minimum atomic E-state index is -0.356. The van der Waals surface area contributed by atoms with Crippen LogP contribution in [0.1, 0.15) is 20.1 Å². The highest BCUT2D eigenvalue weighted by Gasteiger charge is 2.28. The highest BCUT2D eigenvalue weighted by Crippen LogP contribution is 2.23. The van der Waals surface area contributed by atoms with Crippen molar-refractivity contribution in [3.05, 3.63) is 21.4 Å². The molecule has 3 N–H and O–H groups in total. The van der Waals surface area contributed by atoms with Gasteiger partial charge in [-0.05, 0) is 18.6 Å². The van der Waals surface area contributed by atoms with Crippen molar-refractivity contribution < 1.29 is 14.4 Å². The van der Waals surface area contributed by atoms with Crippen molar-refractivity contribution >= 4 is 29.1 Å². The SMILES string of the molecule is Cc1sc(C(=O)NN)cc1CN1CC(=O)N(C)CC1=O. The lowest BCUT2D eigenvalue weighted by atomic mass is 10.2. The number of hydrogen-bond donors (Lipinski definition) is 2. The molecule has 20 heavy (non-hydrogen) atoms. The van der Waals surface area contributed by atoms with Crippen LogP contribution in [-0.4, -0.2) is 47.7 Å². The van der Waals surface area contributed by atoms with Crippen LogP contribution < -0.4 is 11.3 Å². The number of hydrazine groups is 1. The first-order valence-corrected chi connectivity index (χ1v) is 6.86. The third kappa shape index (κ3) is 2.81. The van der Waals surface area contributed by atoms with Gasteiger partial charge in [0.05, 0.1) is 11.4 Å². The van der Waals surface area contributed by atoms with E-state index in [1.807, 2.05) is 6.92 Å². The molecular formula is C12H16N4O3S. The highest BCUT2D eigenvalue weighted by molar-refractivity contribution is 7.14. The molecule has 1 saturated heterocycles. The predicted octanol–water partition coefficient (Wildman–Crippen LogP) is -0.539. The zero-order valence-electron chi connectivity index (χ0n) is 11.3. The number of rotatable bonds is 3. The molecule has 0 aliphatic carbocycles. The summed E-state index contributed by atoms with van der Waals surface area (Å²) in [4.78, 5) is 39.3. The average molecular weight is 296 g/mol. The van der Waals surface area contributed by atoms with Gasteiger partial charge in [-0.25, -0.2) is 5.84 Å². The van der Waals surface area contributed by atoms with Crippen molar-refractivity contribution in [3.63, 3.8) is 0 Å². The summed E-state index contributed by atoms with van der Waals surface area (Å²) < 4.78 is 0. The van der Waals surface area contributed by atoms with E-state index in [9.17, 15) is 14.4 Å². The second kappa shape index (κ2) is 5.59. The summed E-state index contributed by atoms with van der Waals surface area (Å²) in [5.74, 6) is 4.56. The lowest BCUT2D eigenvalue weighted by molar-refractivity contribution is -0.149. The fourth-order valence-corrected chi connectivity index (χ4v) is 2.91. The van der Waals surface area contributed by atoms with Crippen molar-refractivity contribution in [2.45, 2.75) is 13.5 Å². The molecule has 0 spiro atoms. The number of likely N-dealkylation sites (N-methyl/N-ethyl adjacent to an activating group) is 1. The van der Waals surface area contributed by atoms with Gasteiger partial charge >= 0.3 is 0 Å². The number of hydrogen-bond acceptors (Lipinski definition) is 5. The Kier molecular flexibility index (Phi) is 4.05. The Morgan fingerprint density at radius 1 is 1.40 bits per heavy atom. The first-order chi connectivity index (χ1) is 9.42. The molecule has 0 saturated carbocycles. The second-order valence-electron chi connectivity index (χ2n) is 4.67. The van der Waals surface area contributed by atoms with Gasteiger partial charge in [0.1, 0.15) is 6.54 Å². The third-order valence-electron chi connectivity index (χ3n) is 3.21. The average Bonchev–Trinajstić information content (AvgIpc) is 2.76. The molecule has 7 nitrogen and oxygen atoms in total. The molecule has 0 unspecified atom stereocenters. The van der Waals surface area contributed by atoms with Gasteiger partial charge < -0.3 is 9.80 Å². The molecule has 8 heteroatoms. The molecule has 0 bridgehead atoms. The van der Waals surface area contributed by atoms with E-state index in [4.69, 9.17) is 5.84 Å². The summed E-state index contributed by atoms with van der Waals surface area (Å²) in [5.41, 5.74) is 2.94. The normalized spacial score (nSPS) is 15.8. The standard InChI is InChI=1S/C12H16N4O3S/c1-7-8(3-9(20-7)12(19)14-13)4-16-6-10(17)15(2)5-11(16)18/h3H,4-6,13H2,1-2H3,(H,14,19). The van der Waals surface area contributed by atoms with Crippen LogP contribution in [0.25, 0.3) is 0 Å². The number of nitrogen functional groups attached to an aromatic ring is 1. The van der Waals surface area contributed by atoms with Gasteiger partial charge in [0, 0.05) is 18.5 Å². The van der Waals surface area contributed by atoms with E-state index < -0.39 is 0 Å². The van der Waals surface area contributed by atoms with E-state index in [1.165, 1.54) is 21.1 Å². The molecule has 0 atom stereocenters. The van der Waals surface area contributed by atoms with Crippen LogP contribution in [0, 0.1) is 6.92 Å². The van der Waals surface area contributed by atoms with Crippen LogP contribution in [0.5, 0.6) is 0 Å². The van der Waals surface area contributed by atoms with Crippen molar-refractivity contribution in [1.29, 1.82) is 0 Å². The molecule has 1 aliphatic rings. The van der Waals surface area contributed by atoms with Crippen molar-refractivity contribution in [1.82, 2.24) is 15.2 Å². The van der Waals surface area contributed by atoms with E-state index in [1.54, 1.807) is 13.1 Å². The van der Waals surface area contributed by atoms with Crippen LogP contribution in [0.4, 0.5) is 0 Å². The first kappa shape index (κ1) is 14.5.